The van der Waals surface area contributed by atoms with E-state index in [0.717, 1.165) is 49.4 Å². The van der Waals surface area contributed by atoms with Crippen molar-refractivity contribution in [2.75, 3.05) is 6.61 Å². The van der Waals surface area contributed by atoms with Crippen LogP contribution < -0.4 is 5.32 Å². The van der Waals surface area contributed by atoms with E-state index in [9.17, 15) is 9.59 Å². The summed E-state index contributed by atoms with van der Waals surface area (Å²) in [6, 6.07) is 7.06. The number of benzene rings is 1. The molecule has 33 heavy (non-hydrogen) atoms. The number of tetrazole rings is 1. The van der Waals surface area contributed by atoms with E-state index in [-0.39, 0.29) is 29.9 Å². The van der Waals surface area contributed by atoms with Crippen LogP contribution in [0.25, 0.3) is 11.4 Å². The van der Waals surface area contributed by atoms with Crippen molar-refractivity contribution in [1.29, 1.82) is 0 Å². The van der Waals surface area contributed by atoms with Crippen LogP contribution in [0, 0.1) is 17.3 Å². The molecule has 1 aromatic heterocycles. The number of carbonyl (C=O) groups is 2. The van der Waals surface area contributed by atoms with E-state index in [2.05, 4.69) is 46.0 Å². The second-order valence-corrected chi connectivity index (χ2v) is 10.2. The first-order chi connectivity index (χ1) is 16.0. The lowest BCUT2D eigenvalue weighted by molar-refractivity contribution is -0.138. The Bertz CT molecular complexity index is 1250. The third-order valence-corrected chi connectivity index (χ3v) is 8.80. The summed E-state index contributed by atoms with van der Waals surface area (Å²) in [7, 11) is 0. The highest BCUT2D eigenvalue weighted by Crippen LogP contribution is 2.73. The summed E-state index contributed by atoms with van der Waals surface area (Å²) >= 11 is 0. The summed E-state index contributed by atoms with van der Waals surface area (Å²) < 4.78 is 7.01. The molecule has 1 N–H and O–H groups in total. The van der Waals surface area contributed by atoms with Crippen LogP contribution in [-0.2, 0) is 27.4 Å². The number of cyclic esters (lactones) is 1. The Kier molecular flexibility index (Phi) is 3.82. The number of nitrogens with one attached hydrogen (secondary N) is 1. The first kappa shape index (κ1) is 19.4. The smallest absolute Gasteiger partial charge is 0.336 e. The van der Waals surface area contributed by atoms with E-state index < -0.39 is 0 Å². The number of likely N-dealkylation sites (tertiary alicyclic amines) is 1. The van der Waals surface area contributed by atoms with Crippen molar-refractivity contribution < 1.29 is 14.3 Å². The number of carbonyl (C=O) groups excluding carboxylic acids is 2. The van der Waals surface area contributed by atoms with Gasteiger partial charge in [-0.1, -0.05) is 18.2 Å². The summed E-state index contributed by atoms with van der Waals surface area (Å²) in [5.74, 6) is 1.59. The Morgan fingerprint density at radius 2 is 2.18 bits per heavy atom. The Labute approximate surface area is 191 Å². The van der Waals surface area contributed by atoms with Gasteiger partial charge in [-0.2, -0.15) is 0 Å². The third kappa shape index (κ3) is 2.48. The molecule has 3 fully saturated rings. The van der Waals surface area contributed by atoms with Crippen LogP contribution in [-0.4, -0.2) is 55.7 Å². The molecule has 2 unspecified atom stereocenters. The number of fused-ring (bicyclic) bond motifs is 4. The first-order valence-electron chi connectivity index (χ1n) is 11.8. The van der Waals surface area contributed by atoms with Crippen molar-refractivity contribution in [3.8, 4) is 11.4 Å². The maximum Gasteiger partial charge on any atom is 0.336 e. The van der Waals surface area contributed by atoms with E-state index in [1.165, 1.54) is 11.1 Å². The summed E-state index contributed by atoms with van der Waals surface area (Å²) in [4.78, 5) is 27.2. The van der Waals surface area contributed by atoms with Gasteiger partial charge in [-0.15, -0.1) is 5.10 Å². The highest BCUT2D eigenvalue weighted by Gasteiger charge is 2.78. The number of hydrogen-bond acceptors (Lipinski definition) is 7. The van der Waals surface area contributed by atoms with Gasteiger partial charge in [0.05, 0.1) is 23.2 Å². The lowest BCUT2D eigenvalue weighted by Crippen LogP contribution is -2.42. The first-order valence-corrected chi connectivity index (χ1v) is 11.8. The minimum absolute atomic E-state index is 0.131. The van der Waals surface area contributed by atoms with Gasteiger partial charge in [-0.25, -0.2) is 9.48 Å². The maximum absolute atomic E-state index is 13.5. The molecule has 0 radical (unpaired) electrons. The fraction of sp³-hybridized carbons (Fsp3) is 0.542. The number of aromatic nitrogens is 4. The molecule has 1 aromatic carbocycles. The molecule has 1 saturated heterocycles. The van der Waals surface area contributed by atoms with Crippen LogP contribution in [0.4, 0.5) is 0 Å². The van der Waals surface area contributed by atoms with Gasteiger partial charge in [-0.3, -0.25) is 4.79 Å². The number of esters is 1. The van der Waals surface area contributed by atoms with Crippen LogP contribution in [0.5, 0.6) is 0 Å². The zero-order valence-corrected chi connectivity index (χ0v) is 18.7. The van der Waals surface area contributed by atoms with E-state index in [1.54, 1.807) is 6.92 Å². The predicted octanol–water partition coefficient (Wildman–Crippen LogP) is 1.64. The molecule has 1 spiro atoms. The quantitative estimate of drug-likeness (QED) is 0.608. The lowest BCUT2D eigenvalue weighted by Gasteiger charge is -2.33. The van der Waals surface area contributed by atoms with Gasteiger partial charge < -0.3 is 15.0 Å². The highest BCUT2D eigenvalue weighted by atomic mass is 16.5. The molecule has 3 aliphatic heterocycles. The number of amides is 1. The predicted molar refractivity (Wildman–Crippen MR) is 116 cm³/mol. The highest BCUT2D eigenvalue weighted by molar-refractivity contribution is 5.96. The Balaban J connectivity index is 1.02. The normalized spacial score (nSPS) is 33.7. The SMILES string of the molecule is CC1=C(N2C(=O)[C@]34CC[C@H](NCc5ccc6c(c5)Cn5nnnc5-6)CC3C4[C@H]2C)COC1=O. The number of nitrogens with zero attached hydrogens (tertiary/aromatic N) is 5. The number of piperidine rings is 1. The molecule has 170 valence electrons. The standard InChI is InChI=1S/C24H26N6O3/c1-12-19(11-33-22(12)31)30-13(2)20-18-8-16(5-6-24(18,20)23(30)32)25-9-14-3-4-17-15(7-14)10-29-21(17)26-27-28-29/h3-4,7,13,16,18,20,25H,5-6,8-11H2,1-2H3/t13-,16+,18?,20?,24-/m1/s1. The van der Waals surface area contributed by atoms with Gasteiger partial charge in [0.1, 0.15) is 6.61 Å². The maximum atomic E-state index is 13.5. The molecular weight excluding hydrogens is 420 g/mol. The molecule has 9 nitrogen and oxygen atoms in total. The van der Waals surface area contributed by atoms with Gasteiger partial charge in [0.2, 0.25) is 5.91 Å². The van der Waals surface area contributed by atoms with Crippen LogP contribution in [0.3, 0.4) is 0 Å². The van der Waals surface area contributed by atoms with Gasteiger partial charge in [0.25, 0.3) is 0 Å². The molecule has 0 bridgehead atoms. The van der Waals surface area contributed by atoms with Crippen molar-refractivity contribution in [2.45, 2.75) is 58.3 Å². The zero-order valence-electron chi connectivity index (χ0n) is 18.7. The molecule has 5 aliphatic rings. The molecule has 1 amide bonds. The van der Waals surface area contributed by atoms with E-state index in [4.69, 9.17) is 4.74 Å². The molecule has 2 saturated carbocycles. The van der Waals surface area contributed by atoms with E-state index in [0.29, 0.717) is 23.5 Å². The molecule has 9 heteroatoms. The molecule has 7 rings (SSSR count). The minimum Gasteiger partial charge on any atom is -0.456 e. The van der Waals surface area contributed by atoms with Crippen molar-refractivity contribution in [3.63, 3.8) is 0 Å². The molecule has 4 heterocycles. The average Bonchev–Trinajstić information content (AvgIpc) is 3.12. The van der Waals surface area contributed by atoms with Gasteiger partial charge in [0, 0.05) is 24.2 Å². The molecule has 2 aromatic rings. The van der Waals surface area contributed by atoms with Crippen molar-refractivity contribution in [3.05, 3.63) is 40.6 Å². The second kappa shape index (κ2) is 6.50. The van der Waals surface area contributed by atoms with Crippen LogP contribution in [0.2, 0.25) is 0 Å². The van der Waals surface area contributed by atoms with Gasteiger partial charge in [0.15, 0.2) is 5.82 Å². The van der Waals surface area contributed by atoms with Crippen molar-refractivity contribution in [1.82, 2.24) is 30.4 Å². The summed E-state index contributed by atoms with van der Waals surface area (Å²) in [6.07, 6.45) is 2.96. The zero-order chi connectivity index (χ0) is 22.5. The number of hydrogen-bond donors (Lipinski definition) is 1. The Morgan fingerprint density at radius 1 is 1.30 bits per heavy atom. The van der Waals surface area contributed by atoms with Crippen LogP contribution in [0.15, 0.2) is 29.5 Å². The summed E-state index contributed by atoms with van der Waals surface area (Å²) in [5, 5.41) is 15.6. The monoisotopic (exact) mass is 446 g/mol. The number of ether oxygens (including phenoxy) is 1. The molecule has 5 atom stereocenters. The topological polar surface area (TPSA) is 102 Å². The average molecular weight is 447 g/mol. The summed E-state index contributed by atoms with van der Waals surface area (Å²) in [5.41, 5.74) is 4.77. The minimum atomic E-state index is -0.295. The Hall–Kier alpha value is -3.07. The van der Waals surface area contributed by atoms with Gasteiger partial charge in [-0.05, 0) is 66.5 Å². The van der Waals surface area contributed by atoms with Crippen LogP contribution in [0.1, 0.15) is 44.2 Å². The molecule has 2 aliphatic carbocycles. The third-order valence-electron chi connectivity index (χ3n) is 8.80. The second-order valence-electron chi connectivity index (χ2n) is 10.2. The Morgan fingerprint density at radius 3 is 3.00 bits per heavy atom. The fourth-order valence-electron chi connectivity index (χ4n) is 7.15. The van der Waals surface area contributed by atoms with Crippen LogP contribution >= 0.6 is 0 Å². The largest absolute Gasteiger partial charge is 0.456 e. The lowest BCUT2D eigenvalue weighted by atomic mass is 9.84. The van der Waals surface area contributed by atoms with Gasteiger partial charge >= 0.3 is 5.97 Å². The number of rotatable bonds is 4. The summed E-state index contributed by atoms with van der Waals surface area (Å²) in [6.45, 7) is 5.68. The fourth-order valence-corrected chi connectivity index (χ4v) is 7.15. The van der Waals surface area contributed by atoms with E-state index in [1.807, 2.05) is 9.58 Å². The van der Waals surface area contributed by atoms with E-state index >= 15 is 0 Å². The molecular formula is C24H26N6O3. The van der Waals surface area contributed by atoms with Crippen molar-refractivity contribution in [2.24, 2.45) is 17.3 Å². The van der Waals surface area contributed by atoms with Crippen molar-refractivity contribution >= 4 is 11.9 Å².